The second-order valence-corrected chi connectivity index (χ2v) is 13.6. The quantitative estimate of drug-likeness (QED) is 0.313. The zero-order valence-corrected chi connectivity index (χ0v) is 27.6. The van der Waals surface area contributed by atoms with Crippen molar-refractivity contribution in [3.05, 3.63) is 92.8 Å². The number of anilines is 1. The SMILES string of the molecule is CCOC(=O)C1=C(CN2CC[C@H]3C(=O)N(c4ccc(C(C)(C)C(=O)O)cc4)C[C@H]3C2)NC(c2nccs2)=N[C@H]1c1cccc(F)c1C. The van der Waals surface area contributed by atoms with Crippen LogP contribution >= 0.6 is 11.3 Å². The van der Waals surface area contributed by atoms with Gasteiger partial charge < -0.3 is 20.1 Å². The second kappa shape index (κ2) is 13.0. The minimum absolute atomic E-state index is 0.0648. The highest BCUT2D eigenvalue weighted by atomic mass is 32.1. The fourth-order valence-corrected chi connectivity index (χ4v) is 7.28. The Bertz CT molecular complexity index is 1750. The van der Waals surface area contributed by atoms with Crippen LogP contribution in [0.3, 0.4) is 0 Å². The Balaban J connectivity index is 1.27. The molecule has 10 nitrogen and oxygen atoms in total. The van der Waals surface area contributed by atoms with Gasteiger partial charge in [-0.15, -0.1) is 11.3 Å². The van der Waals surface area contributed by atoms with E-state index in [2.05, 4.69) is 15.2 Å². The van der Waals surface area contributed by atoms with Gasteiger partial charge in [-0.25, -0.2) is 14.2 Å². The van der Waals surface area contributed by atoms with E-state index in [4.69, 9.17) is 9.73 Å². The number of carboxylic acid groups (broad SMARTS) is 1. The first-order valence-electron chi connectivity index (χ1n) is 15.8. The number of ether oxygens (including phenoxy) is 1. The number of carboxylic acids is 1. The van der Waals surface area contributed by atoms with E-state index in [1.54, 1.807) is 63.1 Å². The Labute approximate surface area is 277 Å². The molecule has 4 heterocycles. The Morgan fingerprint density at radius 1 is 1.17 bits per heavy atom. The summed E-state index contributed by atoms with van der Waals surface area (Å²) < 4.78 is 20.3. The van der Waals surface area contributed by atoms with Crippen molar-refractivity contribution < 1.29 is 28.6 Å². The highest BCUT2D eigenvalue weighted by Gasteiger charge is 2.45. The lowest BCUT2D eigenvalue weighted by atomic mass is 9.85. The van der Waals surface area contributed by atoms with Gasteiger partial charge >= 0.3 is 11.9 Å². The number of aliphatic imine (C=N–C) groups is 1. The van der Waals surface area contributed by atoms with Gasteiger partial charge in [0.2, 0.25) is 5.91 Å². The fourth-order valence-electron chi connectivity index (χ4n) is 6.69. The number of aromatic nitrogens is 1. The third kappa shape index (κ3) is 6.19. The zero-order chi connectivity index (χ0) is 33.5. The van der Waals surface area contributed by atoms with Crippen molar-refractivity contribution in [1.82, 2.24) is 15.2 Å². The van der Waals surface area contributed by atoms with Gasteiger partial charge in [0.15, 0.2) is 10.8 Å². The summed E-state index contributed by atoms with van der Waals surface area (Å²) in [5, 5.41) is 15.5. The first-order chi connectivity index (χ1) is 22.5. The smallest absolute Gasteiger partial charge is 0.338 e. The highest BCUT2D eigenvalue weighted by molar-refractivity contribution is 7.11. The Morgan fingerprint density at radius 3 is 2.62 bits per heavy atom. The zero-order valence-electron chi connectivity index (χ0n) is 26.8. The molecule has 2 fully saturated rings. The molecular weight excluding hydrogens is 621 g/mol. The summed E-state index contributed by atoms with van der Waals surface area (Å²) in [5.74, 6) is -1.30. The summed E-state index contributed by atoms with van der Waals surface area (Å²) in [6.07, 6.45) is 2.34. The summed E-state index contributed by atoms with van der Waals surface area (Å²) in [7, 11) is 0. The largest absolute Gasteiger partial charge is 0.481 e. The number of hydrogen-bond donors (Lipinski definition) is 2. The number of thiazole rings is 1. The molecule has 3 aromatic rings. The van der Waals surface area contributed by atoms with Crippen molar-refractivity contribution in [2.75, 3.05) is 37.7 Å². The molecule has 12 heteroatoms. The molecule has 47 heavy (non-hydrogen) atoms. The van der Waals surface area contributed by atoms with E-state index < -0.39 is 23.4 Å². The number of hydrogen-bond acceptors (Lipinski definition) is 9. The van der Waals surface area contributed by atoms with Gasteiger partial charge in [-0.1, -0.05) is 24.3 Å². The molecule has 2 N–H and O–H groups in total. The molecule has 3 atom stereocenters. The van der Waals surface area contributed by atoms with E-state index in [1.807, 2.05) is 17.5 Å². The van der Waals surface area contributed by atoms with Crippen LogP contribution in [0.25, 0.3) is 0 Å². The maximum Gasteiger partial charge on any atom is 0.338 e. The van der Waals surface area contributed by atoms with Crippen LogP contribution in [-0.4, -0.2) is 71.5 Å². The van der Waals surface area contributed by atoms with Crippen LogP contribution in [0.4, 0.5) is 10.1 Å². The van der Waals surface area contributed by atoms with E-state index in [0.717, 1.165) is 5.69 Å². The van der Waals surface area contributed by atoms with Gasteiger partial charge in [-0.05, 0) is 75.5 Å². The van der Waals surface area contributed by atoms with Crippen molar-refractivity contribution >= 4 is 40.7 Å². The molecular formula is C35H38FN5O5S. The number of rotatable bonds is 9. The summed E-state index contributed by atoms with van der Waals surface area (Å²) in [4.78, 5) is 52.2. The van der Waals surface area contributed by atoms with Gasteiger partial charge in [-0.3, -0.25) is 19.5 Å². The number of fused-ring (bicyclic) bond motifs is 1. The van der Waals surface area contributed by atoms with Crippen LogP contribution in [0.5, 0.6) is 0 Å². The Morgan fingerprint density at radius 2 is 1.94 bits per heavy atom. The average Bonchev–Trinajstić information content (AvgIpc) is 3.70. The number of amides is 1. The lowest BCUT2D eigenvalue weighted by molar-refractivity contribution is -0.142. The number of nitrogens with one attached hydrogen (secondary N) is 1. The van der Waals surface area contributed by atoms with Crippen LogP contribution < -0.4 is 10.2 Å². The highest BCUT2D eigenvalue weighted by Crippen LogP contribution is 2.38. The van der Waals surface area contributed by atoms with E-state index in [9.17, 15) is 23.9 Å². The predicted octanol–water partition coefficient (Wildman–Crippen LogP) is 4.85. The lowest BCUT2D eigenvalue weighted by Crippen LogP contribution is -2.45. The monoisotopic (exact) mass is 659 g/mol. The molecule has 0 radical (unpaired) electrons. The van der Waals surface area contributed by atoms with E-state index in [0.29, 0.717) is 71.4 Å². The molecule has 2 saturated heterocycles. The van der Waals surface area contributed by atoms with Crippen LogP contribution in [-0.2, 0) is 24.5 Å². The molecule has 1 amide bonds. The average molecular weight is 660 g/mol. The van der Waals surface area contributed by atoms with Crippen LogP contribution in [0, 0.1) is 24.6 Å². The van der Waals surface area contributed by atoms with E-state index in [1.165, 1.54) is 17.4 Å². The lowest BCUT2D eigenvalue weighted by Gasteiger charge is -2.36. The number of piperidine rings is 1. The summed E-state index contributed by atoms with van der Waals surface area (Å²) in [5.41, 5.74) is 2.32. The van der Waals surface area contributed by atoms with Crippen molar-refractivity contribution in [1.29, 1.82) is 0 Å². The number of amidine groups is 1. The molecule has 3 aliphatic heterocycles. The Kier molecular flexibility index (Phi) is 8.99. The number of nitrogens with zero attached hydrogens (tertiary/aromatic N) is 4. The second-order valence-electron chi connectivity index (χ2n) is 12.7. The maximum absolute atomic E-state index is 14.8. The van der Waals surface area contributed by atoms with E-state index >= 15 is 0 Å². The molecule has 0 bridgehead atoms. The minimum atomic E-state index is -1.04. The number of benzene rings is 2. The van der Waals surface area contributed by atoms with Gasteiger partial charge in [0.1, 0.15) is 11.9 Å². The first kappa shape index (κ1) is 32.5. The Hall–Kier alpha value is -4.42. The molecule has 0 saturated carbocycles. The number of carbonyl (C=O) groups excluding carboxylic acids is 2. The number of esters is 1. The summed E-state index contributed by atoms with van der Waals surface area (Å²) in [6, 6.07) is 11.2. The number of likely N-dealkylation sites (tertiary alicyclic amines) is 1. The molecule has 0 aliphatic carbocycles. The van der Waals surface area contributed by atoms with Crippen molar-refractivity contribution in [3.8, 4) is 0 Å². The molecule has 0 unspecified atom stereocenters. The number of aliphatic carboxylic acids is 1. The van der Waals surface area contributed by atoms with Crippen LogP contribution in [0.15, 0.2) is 70.3 Å². The van der Waals surface area contributed by atoms with Crippen molar-refractivity contribution in [2.24, 2.45) is 16.8 Å². The molecule has 246 valence electrons. The van der Waals surface area contributed by atoms with Gasteiger partial charge in [0, 0.05) is 54.4 Å². The summed E-state index contributed by atoms with van der Waals surface area (Å²) in [6.45, 7) is 9.10. The minimum Gasteiger partial charge on any atom is -0.481 e. The topological polar surface area (TPSA) is 124 Å². The molecule has 3 aliphatic rings. The van der Waals surface area contributed by atoms with Gasteiger partial charge in [0.05, 0.1) is 17.6 Å². The predicted molar refractivity (Wildman–Crippen MR) is 177 cm³/mol. The van der Waals surface area contributed by atoms with E-state index in [-0.39, 0.29) is 30.2 Å². The molecule has 1 aromatic heterocycles. The van der Waals surface area contributed by atoms with Crippen LogP contribution in [0.2, 0.25) is 0 Å². The third-order valence-electron chi connectivity index (χ3n) is 9.50. The van der Waals surface area contributed by atoms with Gasteiger partial charge in [0.25, 0.3) is 0 Å². The molecule has 2 aromatic carbocycles. The van der Waals surface area contributed by atoms with Crippen molar-refractivity contribution in [3.63, 3.8) is 0 Å². The number of carbonyl (C=O) groups is 3. The summed E-state index contributed by atoms with van der Waals surface area (Å²) >= 11 is 1.41. The normalized spacial score (nSPS) is 21.7. The maximum atomic E-state index is 14.8. The first-order valence-corrected chi connectivity index (χ1v) is 16.6. The number of halogens is 1. The third-order valence-corrected chi connectivity index (χ3v) is 10.3. The fraction of sp³-hybridized carbons (Fsp3) is 0.400. The standard InChI is InChI=1S/C35H38FN5O5S/c1-5-46-33(43)28-27(38-30(31-37-14-16-47-31)39-29(28)24-7-6-8-26(36)20(24)2)19-40-15-13-25-21(17-40)18-41(32(25)42)23-11-9-22(10-12-23)35(3,4)34(44)45/h6-12,14,16,21,25,29H,5,13,15,17-19H2,1-4H3,(H,38,39)(H,44,45)/t21-,25-,29+/m1/s1. The molecule has 6 rings (SSSR count). The van der Waals surface area contributed by atoms with Crippen molar-refractivity contribution in [2.45, 2.75) is 45.6 Å². The van der Waals surface area contributed by atoms with Gasteiger partial charge in [-0.2, -0.15) is 0 Å². The molecule has 0 spiro atoms. The van der Waals surface area contributed by atoms with Crippen LogP contribution in [0.1, 0.15) is 54.9 Å².